The zero-order valence-corrected chi connectivity index (χ0v) is 21.0. The highest BCUT2D eigenvalue weighted by Crippen LogP contribution is 2.27. The van der Waals surface area contributed by atoms with Crippen molar-refractivity contribution in [3.05, 3.63) is 65.7 Å². The van der Waals surface area contributed by atoms with Gasteiger partial charge in [0, 0.05) is 6.54 Å². The van der Waals surface area contributed by atoms with Crippen LogP contribution in [0.25, 0.3) is 0 Å². The number of amides is 2. The van der Waals surface area contributed by atoms with E-state index in [-0.39, 0.29) is 17.8 Å². The van der Waals surface area contributed by atoms with E-state index in [1.165, 1.54) is 32.1 Å². The average molecular weight is 493 g/mol. The monoisotopic (exact) mass is 492 g/mol. The molecular weight excluding hydrogens is 452 g/mol. The van der Waals surface area contributed by atoms with Crippen LogP contribution < -0.4 is 27.8 Å². The Hall–Kier alpha value is -3.39. The summed E-state index contributed by atoms with van der Waals surface area (Å²) in [6.45, 7) is 0.521. The number of carbonyl (C=O) groups excluding carboxylic acids is 2. The Morgan fingerprint density at radius 3 is 2.28 bits per heavy atom. The van der Waals surface area contributed by atoms with Gasteiger partial charge >= 0.3 is 0 Å². The fourth-order valence-corrected chi connectivity index (χ4v) is 4.73. The molecule has 1 fully saturated rings. The normalized spacial score (nSPS) is 15.5. The minimum atomic E-state index is -0.770. The number of guanidine groups is 1. The summed E-state index contributed by atoms with van der Waals surface area (Å²) in [4.78, 5) is 30.0. The Labute approximate surface area is 214 Å². The molecule has 0 heterocycles. The van der Waals surface area contributed by atoms with Crippen LogP contribution in [0.4, 0.5) is 5.69 Å². The Balaban J connectivity index is 1.56. The molecule has 0 radical (unpaired) electrons. The number of hydrogen-bond donors (Lipinski definition) is 5. The van der Waals surface area contributed by atoms with Gasteiger partial charge in [-0.2, -0.15) is 0 Å². The number of aliphatic imine (C=N–C) groups is 1. The zero-order chi connectivity index (χ0) is 25.8. The number of nitrogens with two attached hydrogens (primary N) is 3. The largest absolute Gasteiger partial charge is 0.370 e. The molecule has 2 amide bonds. The van der Waals surface area contributed by atoms with Gasteiger partial charge in [0.15, 0.2) is 5.96 Å². The number of benzene rings is 2. The standard InChI is InChI=1S/C28H40N6O2/c29-24(19-22-11-14-23(15-12-22)33-28(30)31)26(35)34-25(16-13-20-7-3-1-4-8-20)27(36)32-18-17-21-9-5-2-6-10-21/h2,5-6,9-12,14-15,20,24-25H,1,3-4,7-8,13,16-19,29H2,(H,32,36)(H,34,35)(H4,30,31,33)/t24-,25-/m0/s1. The Morgan fingerprint density at radius 2 is 1.61 bits per heavy atom. The van der Waals surface area contributed by atoms with Gasteiger partial charge in [-0.05, 0) is 54.9 Å². The summed E-state index contributed by atoms with van der Waals surface area (Å²) in [6, 6.07) is 15.9. The summed E-state index contributed by atoms with van der Waals surface area (Å²) < 4.78 is 0. The average Bonchev–Trinajstić information content (AvgIpc) is 2.88. The molecule has 0 unspecified atom stereocenters. The first-order valence-corrected chi connectivity index (χ1v) is 13.0. The summed E-state index contributed by atoms with van der Waals surface area (Å²) in [6.07, 6.45) is 8.82. The van der Waals surface area contributed by atoms with E-state index in [4.69, 9.17) is 17.2 Å². The molecule has 0 aromatic heterocycles. The third-order valence-corrected chi connectivity index (χ3v) is 6.76. The molecule has 0 saturated heterocycles. The van der Waals surface area contributed by atoms with E-state index < -0.39 is 12.1 Å². The molecule has 1 saturated carbocycles. The molecule has 8 N–H and O–H groups in total. The van der Waals surface area contributed by atoms with Crippen molar-refractivity contribution in [3.8, 4) is 0 Å². The number of hydrogen-bond acceptors (Lipinski definition) is 4. The van der Waals surface area contributed by atoms with Gasteiger partial charge in [0.25, 0.3) is 0 Å². The highest BCUT2D eigenvalue weighted by Gasteiger charge is 2.25. The summed E-state index contributed by atoms with van der Waals surface area (Å²) in [5.41, 5.74) is 19.7. The molecule has 0 bridgehead atoms. The van der Waals surface area contributed by atoms with E-state index in [0.29, 0.717) is 31.0 Å². The Morgan fingerprint density at radius 1 is 0.917 bits per heavy atom. The van der Waals surface area contributed by atoms with Crippen molar-refractivity contribution in [3.63, 3.8) is 0 Å². The van der Waals surface area contributed by atoms with Crippen LogP contribution in [0.3, 0.4) is 0 Å². The van der Waals surface area contributed by atoms with E-state index in [1.807, 2.05) is 42.5 Å². The maximum atomic E-state index is 13.0. The molecule has 0 aliphatic heterocycles. The molecule has 2 aromatic carbocycles. The van der Waals surface area contributed by atoms with Crippen molar-refractivity contribution >= 4 is 23.5 Å². The molecule has 194 valence electrons. The van der Waals surface area contributed by atoms with Crippen molar-refractivity contribution in [1.82, 2.24) is 10.6 Å². The van der Waals surface area contributed by atoms with Gasteiger partial charge in [-0.1, -0.05) is 74.6 Å². The van der Waals surface area contributed by atoms with Gasteiger partial charge in [0.2, 0.25) is 11.8 Å². The van der Waals surface area contributed by atoms with Crippen LogP contribution in [-0.4, -0.2) is 36.4 Å². The predicted molar refractivity (Wildman–Crippen MR) is 144 cm³/mol. The first-order chi connectivity index (χ1) is 17.4. The van der Waals surface area contributed by atoms with Crippen molar-refractivity contribution in [2.24, 2.45) is 28.1 Å². The molecular formula is C28H40N6O2. The second-order valence-corrected chi connectivity index (χ2v) is 9.68. The maximum absolute atomic E-state index is 13.0. The molecule has 0 spiro atoms. The zero-order valence-electron chi connectivity index (χ0n) is 21.0. The lowest BCUT2D eigenvalue weighted by Gasteiger charge is -2.25. The molecule has 1 aliphatic rings. The summed E-state index contributed by atoms with van der Waals surface area (Å²) in [5.74, 6) is 0.131. The minimum Gasteiger partial charge on any atom is -0.370 e. The quantitative estimate of drug-likeness (QED) is 0.228. The van der Waals surface area contributed by atoms with Crippen LogP contribution in [-0.2, 0) is 22.4 Å². The molecule has 2 atom stereocenters. The third-order valence-electron chi connectivity index (χ3n) is 6.76. The first-order valence-electron chi connectivity index (χ1n) is 13.0. The predicted octanol–water partition coefficient (Wildman–Crippen LogP) is 2.67. The van der Waals surface area contributed by atoms with Gasteiger partial charge in [0.1, 0.15) is 6.04 Å². The molecule has 8 nitrogen and oxygen atoms in total. The SMILES string of the molecule is NC(N)=Nc1ccc(C[C@H](N)C(=O)N[C@@H](CCC2CCCCC2)C(=O)NCCc2ccccc2)cc1. The fraction of sp³-hybridized carbons (Fsp3) is 0.464. The molecule has 36 heavy (non-hydrogen) atoms. The van der Waals surface area contributed by atoms with Crippen LogP contribution >= 0.6 is 0 Å². The van der Waals surface area contributed by atoms with Crippen LogP contribution in [0, 0.1) is 5.92 Å². The molecule has 1 aliphatic carbocycles. The first kappa shape index (κ1) is 27.2. The lowest BCUT2D eigenvalue weighted by atomic mass is 9.85. The summed E-state index contributed by atoms with van der Waals surface area (Å²) >= 11 is 0. The van der Waals surface area contributed by atoms with Gasteiger partial charge in [-0.25, -0.2) is 4.99 Å². The van der Waals surface area contributed by atoms with Crippen LogP contribution in [0.1, 0.15) is 56.1 Å². The van der Waals surface area contributed by atoms with Gasteiger partial charge < -0.3 is 27.8 Å². The number of nitrogens with zero attached hydrogens (tertiary/aromatic N) is 1. The molecule has 8 heteroatoms. The lowest BCUT2D eigenvalue weighted by Crippen LogP contribution is -2.52. The summed E-state index contributed by atoms with van der Waals surface area (Å²) in [7, 11) is 0. The second-order valence-electron chi connectivity index (χ2n) is 9.68. The smallest absolute Gasteiger partial charge is 0.242 e. The van der Waals surface area contributed by atoms with E-state index in [2.05, 4.69) is 15.6 Å². The summed E-state index contributed by atoms with van der Waals surface area (Å²) in [5, 5.41) is 5.94. The van der Waals surface area contributed by atoms with Crippen LogP contribution in [0.15, 0.2) is 59.6 Å². The Bertz CT molecular complexity index is 983. The van der Waals surface area contributed by atoms with E-state index in [1.54, 1.807) is 12.1 Å². The lowest BCUT2D eigenvalue weighted by molar-refractivity contribution is -0.129. The van der Waals surface area contributed by atoms with E-state index in [0.717, 1.165) is 24.0 Å². The highest BCUT2D eigenvalue weighted by molar-refractivity contribution is 5.89. The van der Waals surface area contributed by atoms with Crippen molar-refractivity contribution in [2.75, 3.05) is 6.54 Å². The maximum Gasteiger partial charge on any atom is 0.242 e. The molecule has 2 aromatic rings. The van der Waals surface area contributed by atoms with E-state index in [9.17, 15) is 9.59 Å². The molecule has 3 rings (SSSR count). The number of nitrogens with one attached hydrogen (secondary N) is 2. The third kappa shape index (κ3) is 9.34. The van der Waals surface area contributed by atoms with Gasteiger partial charge in [-0.3, -0.25) is 9.59 Å². The number of carbonyl (C=O) groups is 2. The number of rotatable bonds is 12. The Kier molecular flexibility index (Phi) is 10.8. The van der Waals surface area contributed by atoms with Gasteiger partial charge in [0.05, 0.1) is 11.7 Å². The van der Waals surface area contributed by atoms with Crippen LogP contribution in [0.2, 0.25) is 0 Å². The van der Waals surface area contributed by atoms with Crippen LogP contribution in [0.5, 0.6) is 0 Å². The van der Waals surface area contributed by atoms with Gasteiger partial charge in [-0.15, -0.1) is 0 Å². The van der Waals surface area contributed by atoms with Crippen molar-refractivity contribution < 1.29 is 9.59 Å². The topological polar surface area (TPSA) is 149 Å². The van der Waals surface area contributed by atoms with Crippen molar-refractivity contribution in [2.45, 2.75) is 69.9 Å². The second kappa shape index (κ2) is 14.2. The highest BCUT2D eigenvalue weighted by atomic mass is 16.2. The minimum absolute atomic E-state index is 0.0138. The van der Waals surface area contributed by atoms with E-state index >= 15 is 0 Å². The van der Waals surface area contributed by atoms with Crippen molar-refractivity contribution in [1.29, 1.82) is 0 Å². The fourth-order valence-electron chi connectivity index (χ4n) is 4.73.